The summed E-state index contributed by atoms with van der Waals surface area (Å²) >= 11 is 0. The average molecular weight is 426 g/mol. The zero-order valence-electron chi connectivity index (χ0n) is 17.6. The van der Waals surface area contributed by atoms with E-state index in [1.165, 1.54) is 0 Å². The van der Waals surface area contributed by atoms with Gasteiger partial charge in [-0.25, -0.2) is 0 Å². The fraction of sp³-hybridized carbons (Fsp3) is 0.619. The van der Waals surface area contributed by atoms with E-state index in [9.17, 15) is 9.59 Å². The maximum absolute atomic E-state index is 13.0. The van der Waals surface area contributed by atoms with Gasteiger partial charge in [0.15, 0.2) is 11.5 Å². The summed E-state index contributed by atoms with van der Waals surface area (Å²) in [7, 11) is 3.22. The molecule has 2 amide bonds. The number of methoxy groups -OCH3 is 2. The van der Waals surface area contributed by atoms with Crippen LogP contribution in [0.2, 0.25) is 0 Å². The largest absolute Gasteiger partial charge is 0.493 e. The number of nitrogens with one attached hydrogen (secondary N) is 1. The van der Waals surface area contributed by atoms with Crippen LogP contribution in [0.25, 0.3) is 0 Å². The van der Waals surface area contributed by atoms with E-state index in [0.717, 1.165) is 12.1 Å². The Morgan fingerprint density at radius 3 is 2.62 bits per heavy atom. The van der Waals surface area contributed by atoms with Crippen molar-refractivity contribution < 1.29 is 19.1 Å². The Labute approximate surface area is 179 Å². The number of halogens is 1. The van der Waals surface area contributed by atoms with Gasteiger partial charge in [-0.1, -0.05) is 6.07 Å². The minimum atomic E-state index is -0.231. The first-order valence-corrected chi connectivity index (χ1v) is 9.97. The molecule has 0 bridgehead atoms. The summed E-state index contributed by atoms with van der Waals surface area (Å²) in [4.78, 5) is 29.2. The molecule has 29 heavy (non-hydrogen) atoms. The highest BCUT2D eigenvalue weighted by atomic mass is 35.5. The van der Waals surface area contributed by atoms with E-state index in [-0.39, 0.29) is 42.2 Å². The number of hydrogen-bond acceptors (Lipinski definition) is 5. The monoisotopic (exact) mass is 425 g/mol. The molecule has 0 aromatic heterocycles. The number of amides is 2. The molecule has 0 spiro atoms. The van der Waals surface area contributed by atoms with Gasteiger partial charge in [-0.15, -0.1) is 12.4 Å². The summed E-state index contributed by atoms with van der Waals surface area (Å²) in [6.07, 6.45) is 1.03. The molecule has 3 atom stereocenters. The quantitative estimate of drug-likeness (QED) is 0.751. The Hall–Kier alpha value is -1.99. The molecule has 2 aliphatic heterocycles. The van der Waals surface area contributed by atoms with Gasteiger partial charge in [0.1, 0.15) is 0 Å². The van der Waals surface area contributed by atoms with Crippen molar-refractivity contribution >= 4 is 24.2 Å². The summed E-state index contributed by atoms with van der Waals surface area (Å²) in [5.74, 6) is 1.32. The van der Waals surface area contributed by atoms with Gasteiger partial charge in [-0.2, -0.15) is 0 Å². The predicted octanol–water partition coefficient (Wildman–Crippen LogP) is 1.73. The molecule has 2 fully saturated rings. The second-order valence-corrected chi connectivity index (χ2v) is 7.70. The lowest BCUT2D eigenvalue weighted by molar-refractivity contribution is -0.139. The number of likely N-dealkylation sites (tertiary alicyclic amines) is 1. The lowest BCUT2D eigenvalue weighted by Gasteiger charge is -2.39. The highest BCUT2D eigenvalue weighted by Crippen LogP contribution is 2.28. The van der Waals surface area contributed by atoms with Crippen molar-refractivity contribution in [2.45, 2.75) is 38.8 Å². The number of piperazine rings is 1. The molecular weight excluding hydrogens is 394 g/mol. The number of rotatable bonds is 6. The molecule has 3 rings (SSSR count). The van der Waals surface area contributed by atoms with Gasteiger partial charge >= 0.3 is 0 Å². The molecular formula is C21H32ClN3O4. The Balaban J connectivity index is 0.00000300. The third-order valence-electron chi connectivity index (χ3n) is 6.00. The topological polar surface area (TPSA) is 71.1 Å². The van der Waals surface area contributed by atoms with E-state index < -0.39 is 0 Å². The van der Waals surface area contributed by atoms with E-state index in [1.807, 2.05) is 28.0 Å². The van der Waals surface area contributed by atoms with Gasteiger partial charge in [0.05, 0.1) is 20.1 Å². The molecule has 2 saturated heterocycles. The minimum absolute atomic E-state index is 0. The van der Waals surface area contributed by atoms with Gasteiger partial charge < -0.3 is 24.6 Å². The van der Waals surface area contributed by atoms with Crippen LogP contribution in [0.15, 0.2) is 18.2 Å². The molecule has 0 radical (unpaired) electrons. The van der Waals surface area contributed by atoms with Crippen LogP contribution < -0.4 is 14.8 Å². The molecule has 7 nitrogen and oxygen atoms in total. The summed E-state index contributed by atoms with van der Waals surface area (Å²) in [6.45, 7) is 6.79. The van der Waals surface area contributed by atoms with Crippen LogP contribution in [0.1, 0.15) is 25.8 Å². The molecule has 8 heteroatoms. The van der Waals surface area contributed by atoms with Crippen molar-refractivity contribution in [3.05, 3.63) is 23.8 Å². The Bertz CT molecular complexity index is 730. The average Bonchev–Trinajstić information content (AvgIpc) is 3.08. The highest BCUT2D eigenvalue weighted by Gasteiger charge is 2.39. The third-order valence-corrected chi connectivity index (χ3v) is 6.00. The van der Waals surface area contributed by atoms with Gasteiger partial charge in [0.25, 0.3) is 0 Å². The molecule has 2 heterocycles. The van der Waals surface area contributed by atoms with Gasteiger partial charge in [0.2, 0.25) is 11.8 Å². The Kier molecular flexibility index (Phi) is 8.16. The molecule has 2 aliphatic rings. The zero-order valence-corrected chi connectivity index (χ0v) is 18.5. The van der Waals surface area contributed by atoms with Crippen molar-refractivity contribution in [2.75, 3.05) is 40.4 Å². The van der Waals surface area contributed by atoms with Gasteiger partial charge in [-0.05, 0) is 38.0 Å². The van der Waals surface area contributed by atoms with E-state index >= 15 is 0 Å². The molecule has 0 saturated carbocycles. The zero-order chi connectivity index (χ0) is 20.3. The third kappa shape index (κ3) is 5.14. The molecule has 1 aromatic rings. The van der Waals surface area contributed by atoms with Crippen LogP contribution in [0.5, 0.6) is 11.5 Å². The lowest BCUT2D eigenvalue weighted by atomic mass is 10.0. The number of hydrogen-bond donors (Lipinski definition) is 1. The first-order valence-electron chi connectivity index (χ1n) is 9.97. The SMILES string of the molecule is COc1ccc(CCN2CC(C(=O)N3CCNC(C)C3C)CC2=O)cc1OC.Cl. The summed E-state index contributed by atoms with van der Waals surface area (Å²) in [5.41, 5.74) is 1.07. The van der Waals surface area contributed by atoms with Crippen molar-refractivity contribution in [3.63, 3.8) is 0 Å². The normalized spacial score (nSPS) is 24.3. The molecule has 1 aromatic carbocycles. The molecule has 1 N–H and O–H groups in total. The smallest absolute Gasteiger partial charge is 0.228 e. The number of ether oxygens (including phenoxy) is 2. The van der Waals surface area contributed by atoms with E-state index in [1.54, 1.807) is 14.2 Å². The summed E-state index contributed by atoms with van der Waals surface area (Å²) in [5, 5.41) is 3.39. The number of benzene rings is 1. The summed E-state index contributed by atoms with van der Waals surface area (Å²) in [6, 6.07) is 6.22. The Morgan fingerprint density at radius 1 is 1.21 bits per heavy atom. The fourth-order valence-electron chi connectivity index (χ4n) is 4.06. The highest BCUT2D eigenvalue weighted by molar-refractivity contribution is 5.89. The maximum atomic E-state index is 13.0. The summed E-state index contributed by atoms with van der Waals surface area (Å²) < 4.78 is 10.6. The van der Waals surface area contributed by atoms with Crippen molar-refractivity contribution in [1.82, 2.24) is 15.1 Å². The van der Waals surface area contributed by atoms with Crippen molar-refractivity contribution in [3.8, 4) is 11.5 Å². The minimum Gasteiger partial charge on any atom is -0.493 e. The number of nitrogens with zero attached hydrogens (tertiary/aromatic N) is 2. The van der Waals surface area contributed by atoms with E-state index in [4.69, 9.17) is 9.47 Å². The van der Waals surface area contributed by atoms with Crippen molar-refractivity contribution in [2.24, 2.45) is 5.92 Å². The van der Waals surface area contributed by atoms with Crippen LogP contribution >= 0.6 is 12.4 Å². The Morgan fingerprint density at radius 2 is 1.93 bits per heavy atom. The van der Waals surface area contributed by atoms with Crippen LogP contribution in [0.3, 0.4) is 0 Å². The maximum Gasteiger partial charge on any atom is 0.228 e. The molecule has 3 unspecified atom stereocenters. The van der Waals surface area contributed by atoms with Crippen molar-refractivity contribution in [1.29, 1.82) is 0 Å². The lowest BCUT2D eigenvalue weighted by Crippen LogP contribution is -2.58. The van der Waals surface area contributed by atoms with Crippen LogP contribution in [-0.4, -0.2) is 74.1 Å². The fourth-order valence-corrected chi connectivity index (χ4v) is 4.06. The molecule has 0 aliphatic carbocycles. The van der Waals surface area contributed by atoms with Crippen LogP contribution in [-0.2, 0) is 16.0 Å². The second kappa shape index (κ2) is 10.2. The second-order valence-electron chi connectivity index (χ2n) is 7.70. The number of carbonyl (C=O) groups excluding carboxylic acids is 2. The van der Waals surface area contributed by atoms with E-state index in [0.29, 0.717) is 44.0 Å². The van der Waals surface area contributed by atoms with Gasteiger partial charge in [-0.3, -0.25) is 9.59 Å². The predicted molar refractivity (Wildman–Crippen MR) is 114 cm³/mol. The molecule has 162 valence electrons. The van der Waals surface area contributed by atoms with E-state index in [2.05, 4.69) is 19.2 Å². The van der Waals surface area contributed by atoms with Gasteiger partial charge in [0, 0.05) is 44.7 Å². The van der Waals surface area contributed by atoms with Crippen LogP contribution in [0.4, 0.5) is 0 Å². The first-order chi connectivity index (χ1) is 13.4. The number of carbonyl (C=O) groups is 2. The van der Waals surface area contributed by atoms with Crippen LogP contribution in [0, 0.1) is 5.92 Å². The standard InChI is InChI=1S/C21H31N3O4.ClH/c1-14-15(2)24(10-8-22-14)21(26)17-12-20(25)23(13-17)9-7-16-5-6-18(27-3)19(11-16)28-4;/h5-6,11,14-15,17,22H,7-10,12-13H2,1-4H3;1H. The first kappa shape index (κ1) is 23.3.